The van der Waals surface area contributed by atoms with Crippen molar-refractivity contribution < 1.29 is 19.0 Å². The Morgan fingerprint density at radius 2 is 1.97 bits per heavy atom. The third-order valence-electron chi connectivity index (χ3n) is 5.47. The van der Waals surface area contributed by atoms with Crippen LogP contribution in [0.3, 0.4) is 0 Å². The van der Waals surface area contributed by atoms with E-state index in [0.29, 0.717) is 47.7 Å². The second-order valence-corrected chi connectivity index (χ2v) is 8.69. The van der Waals surface area contributed by atoms with Crippen molar-refractivity contribution in [2.75, 3.05) is 19.8 Å². The molecule has 3 aromatic rings. The molecule has 1 fully saturated rings. The van der Waals surface area contributed by atoms with Crippen molar-refractivity contribution in [3.63, 3.8) is 0 Å². The molecule has 0 saturated heterocycles. The second kappa shape index (κ2) is 10.2. The normalized spacial score (nSPS) is 17.6. The molecule has 1 saturated carbocycles. The van der Waals surface area contributed by atoms with Crippen LogP contribution in [0.1, 0.15) is 29.7 Å². The fourth-order valence-corrected chi connectivity index (χ4v) is 3.76. The summed E-state index contributed by atoms with van der Waals surface area (Å²) in [5.74, 6) is 2.09. The molecular weight excluding hydrogens is 440 g/mol. The minimum Gasteiger partial charge on any atom is -0.486 e. The smallest absolute Gasteiger partial charge is 0.162 e. The van der Waals surface area contributed by atoms with E-state index in [2.05, 4.69) is 10.1 Å². The van der Waals surface area contributed by atoms with Gasteiger partial charge in [0.2, 0.25) is 0 Å². The van der Waals surface area contributed by atoms with Gasteiger partial charge in [-0.25, -0.2) is 0 Å². The number of halogens is 1. The van der Waals surface area contributed by atoms with E-state index in [1.54, 1.807) is 6.20 Å². The topological polar surface area (TPSA) is 62.2 Å². The summed E-state index contributed by atoms with van der Waals surface area (Å²) in [4.78, 5) is 10.2. The molecule has 1 aliphatic heterocycles. The molecule has 33 heavy (non-hydrogen) atoms. The monoisotopic (exact) mass is 464 g/mol. The van der Waals surface area contributed by atoms with Gasteiger partial charge in [0.25, 0.3) is 0 Å². The zero-order valence-corrected chi connectivity index (χ0v) is 18.9. The van der Waals surface area contributed by atoms with E-state index < -0.39 is 0 Å². The van der Waals surface area contributed by atoms with E-state index in [1.807, 2.05) is 60.7 Å². The molecule has 7 heteroatoms. The molecule has 0 N–H and O–H groups in total. The van der Waals surface area contributed by atoms with Crippen molar-refractivity contribution in [1.82, 2.24) is 4.98 Å². The summed E-state index contributed by atoms with van der Waals surface area (Å²) in [6.07, 6.45) is 4.13. The number of oxime groups is 1. The molecule has 0 spiro atoms. The van der Waals surface area contributed by atoms with Gasteiger partial charge in [-0.2, -0.15) is 0 Å². The molecule has 1 atom stereocenters. The fourth-order valence-electron chi connectivity index (χ4n) is 3.54. The Morgan fingerprint density at radius 3 is 2.79 bits per heavy atom. The zero-order valence-electron chi connectivity index (χ0n) is 18.2. The highest BCUT2D eigenvalue weighted by Crippen LogP contribution is 2.34. The quantitative estimate of drug-likeness (QED) is 0.319. The number of hydrogen-bond donors (Lipinski definition) is 0. The Hall–Kier alpha value is -3.09. The van der Waals surface area contributed by atoms with Crippen molar-refractivity contribution in [2.24, 2.45) is 11.1 Å². The van der Waals surface area contributed by atoms with Gasteiger partial charge in [0.1, 0.15) is 18.9 Å². The van der Waals surface area contributed by atoms with Crippen molar-refractivity contribution in [2.45, 2.75) is 25.6 Å². The minimum absolute atomic E-state index is 0.138. The van der Waals surface area contributed by atoms with Gasteiger partial charge < -0.3 is 19.0 Å². The Balaban J connectivity index is 1.34. The highest BCUT2D eigenvalue weighted by Gasteiger charge is 2.25. The third kappa shape index (κ3) is 5.83. The Bertz CT molecular complexity index is 1120. The van der Waals surface area contributed by atoms with Crippen LogP contribution in [0.15, 0.2) is 72.0 Å². The van der Waals surface area contributed by atoms with Gasteiger partial charge in [0, 0.05) is 23.4 Å². The predicted molar refractivity (Wildman–Crippen MR) is 126 cm³/mol. The van der Waals surface area contributed by atoms with E-state index in [9.17, 15) is 0 Å². The zero-order chi connectivity index (χ0) is 22.5. The van der Waals surface area contributed by atoms with Crippen molar-refractivity contribution in [1.29, 1.82) is 0 Å². The number of pyridine rings is 1. The van der Waals surface area contributed by atoms with Gasteiger partial charge in [-0.15, -0.1) is 0 Å². The Labute approximate surface area is 198 Å². The largest absolute Gasteiger partial charge is 0.486 e. The van der Waals surface area contributed by atoms with Crippen LogP contribution in [0.4, 0.5) is 0 Å². The summed E-state index contributed by atoms with van der Waals surface area (Å²) < 4.78 is 17.9. The molecule has 0 bridgehead atoms. The first-order chi connectivity index (χ1) is 16.2. The molecular formula is C26H25ClN2O4. The molecule has 2 heterocycles. The highest BCUT2D eigenvalue weighted by atomic mass is 35.5. The standard InChI is InChI=1S/C26H25ClN2O4/c27-21-5-3-4-19(12-21)15-32-29-26(23-6-1-2-11-28-23)20-9-10-24-25(13-20)33-22(17-31-24)16-30-14-18-7-8-18/h1-6,9-13,18,22H,7-8,14-17H2/b29-26-. The lowest BCUT2D eigenvalue weighted by Gasteiger charge is -2.27. The van der Waals surface area contributed by atoms with Gasteiger partial charge >= 0.3 is 0 Å². The Kier molecular flexibility index (Phi) is 6.74. The van der Waals surface area contributed by atoms with Crippen LogP contribution in [-0.2, 0) is 16.2 Å². The average Bonchev–Trinajstić information content (AvgIpc) is 3.67. The lowest BCUT2D eigenvalue weighted by atomic mass is 10.1. The SMILES string of the molecule is Clc1cccc(CO/N=C(/c2ccc3c(c2)OC(COCC2CC2)CO3)c2ccccn2)c1. The number of aromatic nitrogens is 1. The number of hydrogen-bond acceptors (Lipinski definition) is 6. The molecule has 0 radical (unpaired) electrons. The molecule has 6 nitrogen and oxygen atoms in total. The number of fused-ring (bicyclic) bond motifs is 1. The van der Waals surface area contributed by atoms with Crippen molar-refractivity contribution in [3.05, 3.63) is 88.7 Å². The fraction of sp³-hybridized carbons (Fsp3) is 0.308. The molecule has 1 aromatic heterocycles. The first-order valence-electron chi connectivity index (χ1n) is 11.1. The number of nitrogens with zero attached hydrogens (tertiary/aromatic N) is 2. The van der Waals surface area contributed by atoms with Crippen LogP contribution in [0.2, 0.25) is 5.02 Å². The number of ether oxygens (including phenoxy) is 3. The van der Waals surface area contributed by atoms with Gasteiger partial charge in [0.15, 0.2) is 17.6 Å². The summed E-state index contributed by atoms with van der Waals surface area (Å²) in [6.45, 7) is 2.08. The molecule has 1 unspecified atom stereocenters. The lowest BCUT2D eigenvalue weighted by molar-refractivity contribution is 0.00571. The summed E-state index contributed by atoms with van der Waals surface area (Å²) in [7, 11) is 0. The van der Waals surface area contributed by atoms with Crippen LogP contribution in [0.25, 0.3) is 0 Å². The van der Waals surface area contributed by atoms with E-state index in [-0.39, 0.29) is 6.10 Å². The summed E-state index contributed by atoms with van der Waals surface area (Å²) in [6, 6.07) is 18.9. The minimum atomic E-state index is -0.138. The van der Waals surface area contributed by atoms with Crippen molar-refractivity contribution in [3.8, 4) is 11.5 Å². The number of benzene rings is 2. The maximum absolute atomic E-state index is 6.17. The molecule has 1 aliphatic carbocycles. The van der Waals surface area contributed by atoms with Gasteiger partial charge in [0.05, 0.1) is 12.3 Å². The van der Waals surface area contributed by atoms with Gasteiger partial charge in [-0.1, -0.05) is 35.0 Å². The lowest BCUT2D eigenvalue weighted by Crippen LogP contribution is -2.33. The average molecular weight is 465 g/mol. The maximum atomic E-state index is 6.17. The first kappa shape index (κ1) is 21.7. The van der Waals surface area contributed by atoms with E-state index in [4.69, 9.17) is 30.6 Å². The van der Waals surface area contributed by atoms with Crippen LogP contribution >= 0.6 is 11.6 Å². The molecule has 0 amide bonds. The van der Waals surface area contributed by atoms with Gasteiger partial charge in [-0.3, -0.25) is 4.98 Å². The summed E-state index contributed by atoms with van der Waals surface area (Å²) in [5.41, 5.74) is 3.06. The predicted octanol–water partition coefficient (Wildman–Crippen LogP) is 5.27. The molecule has 5 rings (SSSR count). The van der Waals surface area contributed by atoms with Crippen LogP contribution in [0, 0.1) is 5.92 Å². The number of rotatable bonds is 9. The molecule has 2 aromatic carbocycles. The third-order valence-corrected chi connectivity index (χ3v) is 5.71. The maximum Gasteiger partial charge on any atom is 0.162 e. The summed E-state index contributed by atoms with van der Waals surface area (Å²) >= 11 is 6.07. The van der Waals surface area contributed by atoms with Crippen LogP contribution in [-0.4, -0.2) is 36.6 Å². The highest BCUT2D eigenvalue weighted by molar-refractivity contribution is 6.30. The van der Waals surface area contributed by atoms with Crippen LogP contribution in [0.5, 0.6) is 11.5 Å². The first-order valence-corrected chi connectivity index (χ1v) is 11.5. The molecule has 2 aliphatic rings. The van der Waals surface area contributed by atoms with E-state index in [0.717, 1.165) is 23.7 Å². The van der Waals surface area contributed by atoms with Crippen LogP contribution < -0.4 is 9.47 Å². The molecule has 170 valence electrons. The van der Waals surface area contributed by atoms with Gasteiger partial charge in [-0.05, 0) is 66.8 Å². The second-order valence-electron chi connectivity index (χ2n) is 8.25. The Morgan fingerprint density at radius 1 is 1.03 bits per heavy atom. The van der Waals surface area contributed by atoms with Crippen molar-refractivity contribution >= 4 is 17.3 Å². The summed E-state index contributed by atoms with van der Waals surface area (Å²) in [5, 5.41) is 5.08. The van der Waals surface area contributed by atoms with E-state index >= 15 is 0 Å². The van der Waals surface area contributed by atoms with E-state index in [1.165, 1.54) is 12.8 Å².